The van der Waals surface area contributed by atoms with Crippen LogP contribution in [0.3, 0.4) is 0 Å². The Morgan fingerprint density at radius 3 is 2.52 bits per heavy atom. The second-order valence-electron chi connectivity index (χ2n) is 5.24. The highest BCUT2D eigenvalue weighted by Crippen LogP contribution is 2.19. The van der Waals surface area contributed by atoms with E-state index in [4.69, 9.17) is 9.47 Å². The number of allylic oxidation sites excluding steroid dienone is 1. The topological polar surface area (TPSA) is 64.6 Å². The number of esters is 1. The number of para-hydroxylation sites is 1. The lowest BCUT2D eigenvalue weighted by Gasteiger charge is -2.11. The fraction of sp³-hybridized carbons (Fsp3) is 0.200. The molecule has 0 radical (unpaired) electrons. The summed E-state index contributed by atoms with van der Waals surface area (Å²) in [5.74, 6) is -0.00460. The van der Waals surface area contributed by atoms with Crippen molar-refractivity contribution < 1.29 is 19.1 Å². The normalized spacial score (nSPS) is 9.96. The minimum Gasteiger partial charge on any atom is -0.483 e. The van der Waals surface area contributed by atoms with Gasteiger partial charge in [-0.1, -0.05) is 24.3 Å². The molecule has 2 aromatic carbocycles. The van der Waals surface area contributed by atoms with Crippen molar-refractivity contribution in [2.45, 2.75) is 13.3 Å². The summed E-state index contributed by atoms with van der Waals surface area (Å²) in [6.07, 6.45) is 2.46. The van der Waals surface area contributed by atoms with Crippen LogP contribution in [-0.4, -0.2) is 25.1 Å². The van der Waals surface area contributed by atoms with Crippen LogP contribution in [0.1, 0.15) is 22.8 Å². The van der Waals surface area contributed by atoms with E-state index in [1.807, 2.05) is 24.3 Å². The summed E-state index contributed by atoms with van der Waals surface area (Å²) < 4.78 is 10.5. The van der Waals surface area contributed by atoms with Gasteiger partial charge in [0.15, 0.2) is 6.61 Å². The van der Waals surface area contributed by atoms with E-state index >= 15 is 0 Å². The summed E-state index contributed by atoms with van der Waals surface area (Å²) in [7, 11) is 0. The van der Waals surface area contributed by atoms with Crippen LogP contribution in [0.25, 0.3) is 0 Å². The second kappa shape index (κ2) is 9.27. The zero-order valence-electron chi connectivity index (χ0n) is 14.2. The van der Waals surface area contributed by atoms with E-state index < -0.39 is 0 Å². The van der Waals surface area contributed by atoms with Gasteiger partial charge in [0.2, 0.25) is 0 Å². The summed E-state index contributed by atoms with van der Waals surface area (Å²) in [5, 5.41) is 2.73. The van der Waals surface area contributed by atoms with Crippen molar-refractivity contribution in [3.63, 3.8) is 0 Å². The quantitative estimate of drug-likeness (QED) is 0.589. The van der Waals surface area contributed by atoms with Crippen molar-refractivity contribution in [2.24, 2.45) is 0 Å². The molecule has 5 nitrogen and oxygen atoms in total. The van der Waals surface area contributed by atoms with Crippen molar-refractivity contribution in [1.29, 1.82) is 0 Å². The van der Waals surface area contributed by atoms with Crippen LogP contribution in [0.15, 0.2) is 61.2 Å². The number of carbonyl (C=O) groups excluding carboxylic acids is 2. The molecule has 0 bridgehead atoms. The van der Waals surface area contributed by atoms with E-state index in [0.29, 0.717) is 30.0 Å². The molecule has 1 N–H and O–H groups in total. The highest BCUT2D eigenvalue weighted by molar-refractivity contribution is 5.93. The molecule has 0 aliphatic rings. The average Bonchev–Trinajstić information content (AvgIpc) is 2.62. The minimum atomic E-state index is -0.387. The fourth-order valence-corrected chi connectivity index (χ4v) is 2.21. The summed E-state index contributed by atoms with van der Waals surface area (Å²) >= 11 is 0. The summed E-state index contributed by atoms with van der Waals surface area (Å²) in [6, 6.07) is 14.0. The molecule has 0 atom stereocenters. The predicted octanol–water partition coefficient (Wildman–Crippen LogP) is 3.61. The molecule has 25 heavy (non-hydrogen) atoms. The van der Waals surface area contributed by atoms with Crippen molar-refractivity contribution in [2.75, 3.05) is 18.5 Å². The molecule has 0 unspecified atom stereocenters. The van der Waals surface area contributed by atoms with Crippen LogP contribution < -0.4 is 10.1 Å². The average molecular weight is 339 g/mol. The third-order valence-corrected chi connectivity index (χ3v) is 3.38. The van der Waals surface area contributed by atoms with Crippen LogP contribution in [0.2, 0.25) is 0 Å². The Balaban J connectivity index is 1.90. The molecule has 0 aliphatic carbocycles. The number of carbonyl (C=O) groups is 2. The number of nitrogens with one attached hydrogen (secondary N) is 1. The Morgan fingerprint density at radius 2 is 1.84 bits per heavy atom. The van der Waals surface area contributed by atoms with Crippen LogP contribution >= 0.6 is 0 Å². The number of rotatable bonds is 8. The van der Waals surface area contributed by atoms with Crippen molar-refractivity contribution in [1.82, 2.24) is 0 Å². The highest BCUT2D eigenvalue weighted by atomic mass is 16.5. The first-order valence-corrected chi connectivity index (χ1v) is 8.02. The molecule has 0 spiro atoms. The molecule has 0 aliphatic heterocycles. The third-order valence-electron chi connectivity index (χ3n) is 3.38. The largest absolute Gasteiger partial charge is 0.483 e. The van der Waals surface area contributed by atoms with Crippen molar-refractivity contribution in [3.05, 3.63) is 72.3 Å². The maximum absolute atomic E-state index is 12.0. The predicted molar refractivity (Wildman–Crippen MR) is 96.9 cm³/mol. The molecule has 0 saturated carbocycles. The minimum absolute atomic E-state index is 0.103. The van der Waals surface area contributed by atoms with Gasteiger partial charge >= 0.3 is 5.97 Å². The number of amides is 1. The summed E-state index contributed by atoms with van der Waals surface area (Å²) in [6.45, 7) is 5.68. The molecule has 0 fully saturated rings. The zero-order valence-corrected chi connectivity index (χ0v) is 14.2. The van der Waals surface area contributed by atoms with Gasteiger partial charge in [0, 0.05) is 5.69 Å². The molecule has 5 heteroatoms. The smallest absolute Gasteiger partial charge is 0.338 e. The Labute approximate surface area is 147 Å². The number of hydrogen-bond acceptors (Lipinski definition) is 4. The van der Waals surface area contributed by atoms with Gasteiger partial charge in [-0.25, -0.2) is 4.79 Å². The lowest BCUT2D eigenvalue weighted by Crippen LogP contribution is -2.20. The van der Waals surface area contributed by atoms with E-state index in [-0.39, 0.29) is 18.5 Å². The van der Waals surface area contributed by atoms with E-state index in [9.17, 15) is 9.59 Å². The third kappa shape index (κ3) is 5.49. The van der Waals surface area contributed by atoms with Gasteiger partial charge in [0.05, 0.1) is 12.2 Å². The lowest BCUT2D eigenvalue weighted by atomic mass is 10.1. The monoisotopic (exact) mass is 339 g/mol. The van der Waals surface area contributed by atoms with Crippen LogP contribution in [0.5, 0.6) is 5.75 Å². The molecule has 130 valence electrons. The van der Waals surface area contributed by atoms with E-state index in [2.05, 4.69) is 11.9 Å². The molecule has 0 heterocycles. The van der Waals surface area contributed by atoms with Gasteiger partial charge in [-0.05, 0) is 49.2 Å². The molecular formula is C20H21NO4. The molecule has 2 rings (SSSR count). The maximum atomic E-state index is 12.0. The van der Waals surface area contributed by atoms with E-state index in [1.54, 1.807) is 37.3 Å². The molecule has 1 amide bonds. The molecule has 0 aromatic heterocycles. The van der Waals surface area contributed by atoms with E-state index in [0.717, 1.165) is 5.56 Å². The molecule has 0 saturated heterocycles. The number of anilines is 1. The SMILES string of the molecule is C=CCc1ccccc1OCC(=O)Nc1ccc(C(=O)OCC)cc1. The van der Waals surface area contributed by atoms with Crippen LogP contribution in [0, 0.1) is 0 Å². The van der Waals surface area contributed by atoms with Crippen molar-refractivity contribution >= 4 is 17.6 Å². The van der Waals surface area contributed by atoms with Gasteiger partial charge in [0.25, 0.3) is 5.91 Å². The van der Waals surface area contributed by atoms with Gasteiger partial charge in [-0.15, -0.1) is 6.58 Å². The van der Waals surface area contributed by atoms with Gasteiger partial charge in [-0.2, -0.15) is 0 Å². The van der Waals surface area contributed by atoms with E-state index in [1.165, 1.54) is 0 Å². The van der Waals surface area contributed by atoms with Gasteiger partial charge in [0.1, 0.15) is 5.75 Å². The number of ether oxygens (including phenoxy) is 2. The number of benzene rings is 2. The lowest BCUT2D eigenvalue weighted by molar-refractivity contribution is -0.118. The molecular weight excluding hydrogens is 318 g/mol. The zero-order chi connectivity index (χ0) is 18.1. The highest BCUT2D eigenvalue weighted by Gasteiger charge is 2.08. The Hall–Kier alpha value is -3.08. The first-order chi connectivity index (χ1) is 12.1. The fourth-order valence-electron chi connectivity index (χ4n) is 2.21. The Morgan fingerprint density at radius 1 is 1.12 bits per heavy atom. The Kier molecular flexibility index (Phi) is 6.77. The summed E-state index contributed by atoms with van der Waals surface area (Å²) in [4.78, 5) is 23.6. The Bertz CT molecular complexity index is 738. The first-order valence-electron chi connectivity index (χ1n) is 8.02. The first kappa shape index (κ1) is 18.3. The maximum Gasteiger partial charge on any atom is 0.338 e. The standard InChI is InChI=1S/C20H21NO4/c1-3-7-15-8-5-6-9-18(15)25-14-19(22)21-17-12-10-16(11-13-17)20(23)24-4-2/h3,5-6,8-13H,1,4,7,14H2,2H3,(H,21,22). The van der Waals surface area contributed by atoms with Crippen LogP contribution in [-0.2, 0) is 16.0 Å². The van der Waals surface area contributed by atoms with Gasteiger partial charge < -0.3 is 14.8 Å². The van der Waals surface area contributed by atoms with Crippen LogP contribution in [0.4, 0.5) is 5.69 Å². The molecule has 2 aromatic rings. The second-order valence-corrected chi connectivity index (χ2v) is 5.24. The van der Waals surface area contributed by atoms with Gasteiger partial charge in [-0.3, -0.25) is 4.79 Å². The number of hydrogen-bond donors (Lipinski definition) is 1. The van der Waals surface area contributed by atoms with Crippen molar-refractivity contribution in [3.8, 4) is 5.75 Å². The summed E-state index contributed by atoms with van der Waals surface area (Å²) in [5.41, 5.74) is 2.00.